The second-order valence-corrected chi connectivity index (χ2v) is 5.06. The van der Waals surface area contributed by atoms with Crippen molar-refractivity contribution in [1.29, 1.82) is 0 Å². The highest BCUT2D eigenvalue weighted by Crippen LogP contribution is 2.16. The van der Waals surface area contributed by atoms with Gasteiger partial charge in [0.25, 0.3) is 5.56 Å². The van der Waals surface area contributed by atoms with Crippen LogP contribution in [0.3, 0.4) is 0 Å². The first kappa shape index (κ1) is 14.5. The molecule has 0 aliphatic carbocycles. The molecule has 2 heterocycles. The zero-order valence-electron chi connectivity index (χ0n) is 11.4. The topological polar surface area (TPSA) is 88.5 Å². The minimum absolute atomic E-state index is 0.0134. The Kier molecular flexibility index (Phi) is 4.73. The molecule has 0 atom stereocenters. The first-order chi connectivity index (χ1) is 9.59. The molecular formula is C12H17ClN6O. The van der Waals surface area contributed by atoms with Gasteiger partial charge in [0.1, 0.15) is 17.2 Å². The van der Waals surface area contributed by atoms with Crippen molar-refractivity contribution >= 4 is 17.3 Å². The molecule has 20 heavy (non-hydrogen) atoms. The number of H-pyrrole nitrogens is 1. The zero-order valence-corrected chi connectivity index (χ0v) is 12.2. The van der Waals surface area contributed by atoms with E-state index in [-0.39, 0.29) is 16.6 Å². The molecule has 0 saturated carbocycles. The summed E-state index contributed by atoms with van der Waals surface area (Å²) in [5.41, 5.74) is 0.285. The second-order valence-electron chi connectivity index (χ2n) is 4.68. The standard InChI is InChI=1S/C12H17ClN6O/c1-8(2)19-12(20)11(13)9(6-17-19)14-5-3-4-10-15-7-16-18-10/h6-8,14H,3-5H2,1-2H3,(H,15,16,18). The van der Waals surface area contributed by atoms with Crippen molar-refractivity contribution in [2.75, 3.05) is 11.9 Å². The molecule has 0 aromatic carbocycles. The molecule has 0 amide bonds. The number of halogens is 1. The summed E-state index contributed by atoms with van der Waals surface area (Å²) in [6.07, 6.45) is 4.69. The summed E-state index contributed by atoms with van der Waals surface area (Å²) in [4.78, 5) is 16.0. The van der Waals surface area contributed by atoms with Crippen LogP contribution in [0.5, 0.6) is 0 Å². The van der Waals surface area contributed by atoms with Crippen molar-refractivity contribution in [3.63, 3.8) is 0 Å². The van der Waals surface area contributed by atoms with Crippen LogP contribution in [0.2, 0.25) is 5.02 Å². The molecule has 0 radical (unpaired) electrons. The smallest absolute Gasteiger partial charge is 0.287 e. The SMILES string of the molecule is CC(C)n1ncc(NCCCc2ncn[nH]2)c(Cl)c1=O. The average Bonchev–Trinajstić information content (AvgIpc) is 2.92. The predicted octanol–water partition coefficient (Wildman–Crippen LogP) is 1.64. The van der Waals surface area contributed by atoms with E-state index >= 15 is 0 Å². The lowest BCUT2D eigenvalue weighted by atomic mass is 10.3. The lowest BCUT2D eigenvalue weighted by molar-refractivity contribution is 0.503. The van der Waals surface area contributed by atoms with Crippen molar-refractivity contribution in [2.45, 2.75) is 32.7 Å². The molecule has 8 heteroatoms. The van der Waals surface area contributed by atoms with Crippen molar-refractivity contribution < 1.29 is 0 Å². The minimum atomic E-state index is -0.276. The van der Waals surface area contributed by atoms with E-state index in [1.807, 2.05) is 13.8 Å². The summed E-state index contributed by atoms with van der Waals surface area (Å²) < 4.78 is 1.36. The quantitative estimate of drug-likeness (QED) is 0.791. The highest BCUT2D eigenvalue weighted by atomic mass is 35.5. The van der Waals surface area contributed by atoms with Crippen LogP contribution in [-0.4, -0.2) is 31.5 Å². The third kappa shape index (κ3) is 3.36. The fourth-order valence-corrected chi connectivity index (χ4v) is 1.97. The minimum Gasteiger partial charge on any atom is -0.382 e. The molecule has 0 unspecified atom stereocenters. The van der Waals surface area contributed by atoms with E-state index in [1.165, 1.54) is 11.0 Å². The highest BCUT2D eigenvalue weighted by Gasteiger charge is 2.10. The van der Waals surface area contributed by atoms with Crippen LogP contribution in [-0.2, 0) is 6.42 Å². The van der Waals surface area contributed by atoms with Gasteiger partial charge in [0.15, 0.2) is 0 Å². The molecule has 0 bridgehead atoms. The monoisotopic (exact) mass is 296 g/mol. The molecule has 0 saturated heterocycles. The van der Waals surface area contributed by atoms with Gasteiger partial charge in [0, 0.05) is 13.0 Å². The fraction of sp³-hybridized carbons (Fsp3) is 0.500. The average molecular weight is 297 g/mol. The fourth-order valence-electron chi connectivity index (χ4n) is 1.77. The molecule has 2 aromatic heterocycles. The predicted molar refractivity (Wildman–Crippen MR) is 77.1 cm³/mol. The van der Waals surface area contributed by atoms with Crippen LogP contribution in [0.25, 0.3) is 0 Å². The second kappa shape index (κ2) is 6.51. The van der Waals surface area contributed by atoms with Gasteiger partial charge in [0.2, 0.25) is 0 Å². The Morgan fingerprint density at radius 2 is 2.30 bits per heavy atom. The van der Waals surface area contributed by atoms with Crippen molar-refractivity contribution in [2.24, 2.45) is 0 Å². The van der Waals surface area contributed by atoms with Gasteiger partial charge in [-0.3, -0.25) is 9.89 Å². The van der Waals surface area contributed by atoms with Crippen LogP contribution < -0.4 is 10.9 Å². The molecule has 108 valence electrons. The van der Waals surface area contributed by atoms with Gasteiger partial charge >= 0.3 is 0 Å². The Morgan fingerprint density at radius 3 is 2.95 bits per heavy atom. The van der Waals surface area contributed by atoms with Gasteiger partial charge in [-0.15, -0.1) is 0 Å². The number of nitrogens with one attached hydrogen (secondary N) is 2. The molecule has 7 nitrogen and oxygen atoms in total. The first-order valence-electron chi connectivity index (χ1n) is 6.45. The Labute approximate surface area is 121 Å². The third-order valence-corrected chi connectivity index (χ3v) is 3.17. The maximum absolute atomic E-state index is 12.0. The van der Waals surface area contributed by atoms with Crippen LogP contribution in [0.1, 0.15) is 32.1 Å². The summed E-state index contributed by atoms with van der Waals surface area (Å²) in [5, 5.41) is 14.0. The molecule has 0 aliphatic heterocycles. The van der Waals surface area contributed by atoms with Crippen LogP contribution >= 0.6 is 11.6 Å². The van der Waals surface area contributed by atoms with Gasteiger partial charge in [-0.05, 0) is 20.3 Å². The number of anilines is 1. The highest BCUT2D eigenvalue weighted by molar-refractivity contribution is 6.32. The van der Waals surface area contributed by atoms with Gasteiger partial charge in [0.05, 0.1) is 17.9 Å². The third-order valence-electron chi connectivity index (χ3n) is 2.80. The van der Waals surface area contributed by atoms with Gasteiger partial charge in [-0.25, -0.2) is 9.67 Å². The van der Waals surface area contributed by atoms with Crippen LogP contribution in [0.15, 0.2) is 17.3 Å². The number of rotatable bonds is 6. The Bertz CT molecular complexity index is 607. The van der Waals surface area contributed by atoms with E-state index in [0.29, 0.717) is 12.2 Å². The normalized spacial score (nSPS) is 11.0. The van der Waals surface area contributed by atoms with E-state index in [9.17, 15) is 4.79 Å². The Morgan fingerprint density at radius 1 is 1.50 bits per heavy atom. The molecule has 0 aliphatic rings. The number of hydrogen-bond acceptors (Lipinski definition) is 5. The van der Waals surface area contributed by atoms with Gasteiger partial charge < -0.3 is 5.32 Å². The lowest BCUT2D eigenvalue weighted by Crippen LogP contribution is -2.25. The lowest BCUT2D eigenvalue weighted by Gasteiger charge is -2.12. The summed E-state index contributed by atoms with van der Waals surface area (Å²) in [6.45, 7) is 4.44. The van der Waals surface area contributed by atoms with Crippen molar-refractivity contribution in [3.05, 3.63) is 33.7 Å². The molecule has 0 spiro atoms. The largest absolute Gasteiger partial charge is 0.382 e. The number of aromatic nitrogens is 5. The van der Waals surface area contributed by atoms with E-state index in [4.69, 9.17) is 11.6 Å². The molecule has 2 N–H and O–H groups in total. The summed E-state index contributed by atoms with van der Waals surface area (Å²) in [7, 11) is 0. The van der Waals surface area contributed by atoms with Crippen LogP contribution in [0.4, 0.5) is 5.69 Å². The Balaban J connectivity index is 1.93. The maximum atomic E-state index is 12.0. The van der Waals surface area contributed by atoms with Crippen molar-refractivity contribution in [3.8, 4) is 0 Å². The van der Waals surface area contributed by atoms with Gasteiger partial charge in [-0.1, -0.05) is 11.6 Å². The van der Waals surface area contributed by atoms with E-state index in [1.54, 1.807) is 6.20 Å². The Hall–Kier alpha value is -1.89. The zero-order chi connectivity index (χ0) is 14.5. The summed E-state index contributed by atoms with van der Waals surface area (Å²) in [6, 6.07) is -0.0134. The summed E-state index contributed by atoms with van der Waals surface area (Å²) in [5.74, 6) is 0.839. The number of hydrogen-bond donors (Lipinski definition) is 2. The maximum Gasteiger partial charge on any atom is 0.287 e. The van der Waals surface area contributed by atoms with E-state index in [2.05, 4.69) is 25.6 Å². The molecule has 2 aromatic rings. The molecular weight excluding hydrogens is 280 g/mol. The van der Waals surface area contributed by atoms with E-state index < -0.39 is 0 Å². The first-order valence-corrected chi connectivity index (χ1v) is 6.83. The van der Waals surface area contributed by atoms with Crippen LogP contribution in [0, 0.1) is 0 Å². The van der Waals surface area contributed by atoms with E-state index in [0.717, 1.165) is 18.7 Å². The molecule has 2 rings (SSSR count). The molecule has 0 fully saturated rings. The number of nitrogens with zero attached hydrogens (tertiary/aromatic N) is 4. The number of aryl methyl sites for hydroxylation is 1. The van der Waals surface area contributed by atoms with Gasteiger partial charge in [-0.2, -0.15) is 10.2 Å². The van der Waals surface area contributed by atoms with Crippen molar-refractivity contribution in [1.82, 2.24) is 25.0 Å². The number of aromatic amines is 1. The summed E-state index contributed by atoms with van der Waals surface area (Å²) >= 11 is 6.06.